The van der Waals surface area contributed by atoms with E-state index in [9.17, 15) is 13.2 Å². The van der Waals surface area contributed by atoms with E-state index in [4.69, 9.17) is 4.55 Å². The average molecular weight is 414 g/mol. The summed E-state index contributed by atoms with van der Waals surface area (Å²) in [6.45, 7) is 8.20. The lowest BCUT2D eigenvalue weighted by molar-refractivity contribution is -0.890. The molecule has 0 bridgehead atoms. The average Bonchev–Trinajstić information content (AvgIpc) is 2.57. The van der Waals surface area contributed by atoms with E-state index in [-0.39, 0.29) is 11.7 Å². The molecule has 2 N–H and O–H groups in total. The molecule has 0 fully saturated rings. The monoisotopic (exact) mass is 413 g/mol. The number of nitrogens with zero attached hydrogens (tertiary/aromatic N) is 1. The molecule has 7 heteroatoms. The van der Waals surface area contributed by atoms with Gasteiger partial charge in [0.15, 0.2) is 0 Å². The first kappa shape index (κ1) is 24.6. The molecule has 1 amide bonds. The van der Waals surface area contributed by atoms with Crippen molar-refractivity contribution >= 4 is 16.0 Å². The molecule has 6 nitrogen and oxygen atoms in total. The summed E-state index contributed by atoms with van der Waals surface area (Å²) in [6, 6.07) is 10.2. The Bertz CT molecular complexity index is 715. The fourth-order valence-corrected chi connectivity index (χ4v) is 3.99. The van der Waals surface area contributed by atoms with Crippen LogP contribution in [0.1, 0.15) is 51.5 Å². The minimum absolute atomic E-state index is 0.0620. The highest BCUT2D eigenvalue weighted by molar-refractivity contribution is 7.85. The van der Waals surface area contributed by atoms with E-state index < -0.39 is 15.5 Å². The minimum atomic E-state index is -3.90. The summed E-state index contributed by atoms with van der Waals surface area (Å²) in [5.74, 6) is 0.159. The molecule has 0 aliphatic carbocycles. The molecule has 1 aromatic rings. The number of carbonyl (C=O) groups is 1. The topological polar surface area (TPSA) is 83.5 Å². The molecule has 0 radical (unpaired) electrons. The van der Waals surface area contributed by atoms with Crippen LogP contribution in [0.15, 0.2) is 30.3 Å². The maximum atomic E-state index is 12.6. The van der Waals surface area contributed by atoms with Gasteiger partial charge in [-0.25, -0.2) is 0 Å². The molecule has 1 unspecified atom stereocenters. The zero-order valence-electron chi connectivity index (χ0n) is 17.9. The molecule has 0 spiro atoms. The lowest BCUT2D eigenvalue weighted by atomic mass is 9.80. The molecule has 0 saturated heterocycles. The summed E-state index contributed by atoms with van der Waals surface area (Å²) in [6.07, 6.45) is 2.01. The van der Waals surface area contributed by atoms with Crippen molar-refractivity contribution in [3.05, 3.63) is 35.9 Å². The van der Waals surface area contributed by atoms with E-state index in [1.54, 1.807) is 0 Å². The predicted octanol–water partition coefficient (Wildman–Crippen LogP) is 3.07. The normalized spacial score (nSPS) is 13.9. The van der Waals surface area contributed by atoms with Gasteiger partial charge < -0.3 is 9.80 Å². The van der Waals surface area contributed by atoms with Crippen molar-refractivity contribution in [3.8, 4) is 0 Å². The number of rotatable bonds is 12. The zero-order chi connectivity index (χ0) is 21.4. The van der Waals surface area contributed by atoms with Gasteiger partial charge >= 0.3 is 0 Å². The van der Waals surface area contributed by atoms with E-state index >= 15 is 0 Å². The van der Waals surface area contributed by atoms with Crippen molar-refractivity contribution in [2.75, 3.05) is 39.5 Å². The molecule has 1 atom stereocenters. The van der Waals surface area contributed by atoms with Crippen LogP contribution in [0.5, 0.6) is 0 Å². The highest BCUT2D eigenvalue weighted by Gasteiger charge is 2.29. The summed E-state index contributed by atoms with van der Waals surface area (Å²) in [5.41, 5.74) is 0.794. The van der Waals surface area contributed by atoms with Gasteiger partial charge in [0.2, 0.25) is 5.91 Å². The second-order valence-electron chi connectivity index (χ2n) is 9.03. The molecule has 1 aromatic carbocycles. The first-order valence-corrected chi connectivity index (χ1v) is 11.5. The first-order chi connectivity index (χ1) is 12.8. The molecule has 0 aliphatic rings. The van der Waals surface area contributed by atoms with E-state index in [1.165, 1.54) is 5.56 Å². The van der Waals surface area contributed by atoms with Crippen LogP contribution in [0.3, 0.4) is 0 Å². The van der Waals surface area contributed by atoms with Crippen LogP contribution in [-0.4, -0.2) is 62.8 Å². The number of nitrogens with one attached hydrogen (secondary N) is 1. The van der Waals surface area contributed by atoms with Crippen LogP contribution in [0.4, 0.5) is 0 Å². The number of amides is 1. The van der Waals surface area contributed by atoms with Crippen LogP contribution in [0.2, 0.25) is 0 Å². The maximum absolute atomic E-state index is 12.6. The Morgan fingerprint density at radius 1 is 1.14 bits per heavy atom. The summed E-state index contributed by atoms with van der Waals surface area (Å²) < 4.78 is 31.1. The van der Waals surface area contributed by atoms with Crippen molar-refractivity contribution in [3.63, 3.8) is 0 Å². The quantitative estimate of drug-likeness (QED) is 0.313. The fraction of sp³-hybridized carbons (Fsp3) is 0.667. The Hall–Kier alpha value is -1.44. The second kappa shape index (κ2) is 10.4. The van der Waals surface area contributed by atoms with Crippen molar-refractivity contribution in [1.82, 2.24) is 5.32 Å². The van der Waals surface area contributed by atoms with Gasteiger partial charge in [0.1, 0.15) is 0 Å². The Morgan fingerprint density at radius 3 is 2.29 bits per heavy atom. The molecule has 1 rings (SSSR count). The van der Waals surface area contributed by atoms with Crippen molar-refractivity contribution in [2.45, 2.75) is 46.0 Å². The maximum Gasteiger partial charge on any atom is 0.265 e. The highest BCUT2D eigenvalue weighted by atomic mass is 32.2. The van der Waals surface area contributed by atoms with E-state index in [0.29, 0.717) is 29.9 Å². The number of hydrogen-bond acceptors (Lipinski definition) is 3. The third-order valence-corrected chi connectivity index (χ3v) is 6.00. The second-order valence-corrected chi connectivity index (χ2v) is 10.6. The van der Waals surface area contributed by atoms with Gasteiger partial charge in [-0.05, 0) is 17.9 Å². The molecular formula is C21H37N2O4S+. The summed E-state index contributed by atoms with van der Waals surface area (Å²) in [5, 5.41) is 3.05. The third-order valence-electron chi connectivity index (χ3n) is 5.19. The number of benzene rings is 1. The van der Waals surface area contributed by atoms with Crippen LogP contribution in [0, 0.1) is 5.41 Å². The van der Waals surface area contributed by atoms with Crippen molar-refractivity contribution in [1.29, 1.82) is 0 Å². The van der Waals surface area contributed by atoms with Gasteiger partial charge in [-0.2, -0.15) is 8.42 Å². The molecule has 28 heavy (non-hydrogen) atoms. The van der Waals surface area contributed by atoms with Crippen LogP contribution < -0.4 is 5.32 Å². The summed E-state index contributed by atoms with van der Waals surface area (Å²) in [7, 11) is 0.154. The van der Waals surface area contributed by atoms with Gasteiger partial charge in [0.25, 0.3) is 10.1 Å². The zero-order valence-corrected chi connectivity index (χ0v) is 18.8. The lowest BCUT2D eigenvalue weighted by Gasteiger charge is -2.30. The van der Waals surface area contributed by atoms with Gasteiger partial charge in [0, 0.05) is 24.8 Å². The Morgan fingerprint density at radius 2 is 1.71 bits per heavy atom. The molecular weight excluding hydrogens is 376 g/mol. The Kier molecular flexibility index (Phi) is 9.11. The molecule has 160 valence electrons. The molecule has 0 aromatic heterocycles. The standard InChI is InChI=1S/C21H36N2O4S/c1-18(19-11-7-6-8-12-19)17-21(2,3)20(24)22-13-9-14-23(4,5)15-10-16-28(25,26)27/h6-8,11-12,18H,9-10,13-17H2,1-5H3,(H-,22,24,25,26,27)/p+1. The van der Waals surface area contributed by atoms with E-state index in [1.807, 2.05) is 46.1 Å². The van der Waals surface area contributed by atoms with Gasteiger partial charge in [0.05, 0.1) is 32.9 Å². The third kappa shape index (κ3) is 9.66. The lowest BCUT2D eigenvalue weighted by Crippen LogP contribution is -2.44. The smallest absolute Gasteiger partial charge is 0.265 e. The number of quaternary nitrogens is 1. The molecule has 0 aliphatic heterocycles. The van der Waals surface area contributed by atoms with Gasteiger partial charge in [-0.3, -0.25) is 9.35 Å². The largest absolute Gasteiger partial charge is 0.355 e. The fourth-order valence-electron chi connectivity index (χ4n) is 3.49. The Labute approximate surface area is 170 Å². The van der Waals surface area contributed by atoms with Crippen molar-refractivity contribution < 1.29 is 22.2 Å². The van der Waals surface area contributed by atoms with Crippen LogP contribution >= 0.6 is 0 Å². The number of carbonyl (C=O) groups excluding carboxylic acids is 1. The van der Waals surface area contributed by atoms with Crippen LogP contribution in [0.25, 0.3) is 0 Å². The number of hydrogen-bond donors (Lipinski definition) is 2. The first-order valence-electron chi connectivity index (χ1n) is 9.93. The minimum Gasteiger partial charge on any atom is -0.355 e. The van der Waals surface area contributed by atoms with Crippen LogP contribution in [-0.2, 0) is 14.9 Å². The molecule has 0 saturated carbocycles. The van der Waals surface area contributed by atoms with Crippen molar-refractivity contribution in [2.24, 2.45) is 5.41 Å². The summed E-state index contributed by atoms with van der Waals surface area (Å²) >= 11 is 0. The Balaban J connectivity index is 2.38. The van der Waals surface area contributed by atoms with Gasteiger partial charge in [-0.1, -0.05) is 51.1 Å². The predicted molar refractivity (Wildman–Crippen MR) is 114 cm³/mol. The molecule has 0 heterocycles. The van der Waals surface area contributed by atoms with Gasteiger partial charge in [-0.15, -0.1) is 0 Å². The highest BCUT2D eigenvalue weighted by Crippen LogP contribution is 2.31. The van der Waals surface area contributed by atoms with E-state index in [2.05, 4.69) is 24.4 Å². The summed E-state index contributed by atoms with van der Waals surface area (Å²) in [4.78, 5) is 12.6. The van der Waals surface area contributed by atoms with E-state index in [0.717, 1.165) is 19.4 Å². The SMILES string of the molecule is CC(CC(C)(C)C(=O)NCCC[N+](C)(C)CCCS(=O)(=O)O)c1ccccc1.